The Labute approximate surface area is 136 Å². The molecule has 0 spiro atoms. The highest BCUT2D eigenvalue weighted by Crippen LogP contribution is 2.56. The van der Waals surface area contributed by atoms with Gasteiger partial charge in [0.05, 0.1) is 9.75 Å². The van der Waals surface area contributed by atoms with Crippen LogP contribution in [0.25, 0.3) is 20.5 Å². The topological polar surface area (TPSA) is 17.1 Å². The Morgan fingerprint density at radius 2 is 1.32 bits per heavy atom. The van der Waals surface area contributed by atoms with E-state index in [4.69, 9.17) is 0 Å². The Balaban J connectivity index is 1.95. The molecule has 0 N–H and O–H groups in total. The zero-order valence-electron chi connectivity index (χ0n) is 11.5. The molecule has 106 valence electrons. The van der Waals surface area contributed by atoms with Gasteiger partial charge in [-0.3, -0.25) is 0 Å². The van der Waals surface area contributed by atoms with Crippen LogP contribution in [-0.4, -0.2) is 0 Å². The molecule has 2 aromatic carbocycles. The number of hydrogen-bond donors (Lipinski definition) is 0. The van der Waals surface area contributed by atoms with Gasteiger partial charge in [-0.1, -0.05) is 42.5 Å². The molecule has 0 unspecified atom stereocenters. The summed E-state index contributed by atoms with van der Waals surface area (Å²) in [5.41, 5.74) is 0. The first kappa shape index (κ1) is 12.8. The van der Waals surface area contributed by atoms with Crippen molar-refractivity contribution in [3.05, 3.63) is 65.4 Å². The molecule has 4 heteroatoms. The number of thiophene rings is 2. The molecular weight excluding hydrogens is 327 g/mol. The summed E-state index contributed by atoms with van der Waals surface area (Å²) in [4.78, 5) is 2.39. The van der Waals surface area contributed by atoms with Gasteiger partial charge in [-0.15, -0.1) is 22.7 Å². The van der Waals surface area contributed by atoms with Crippen molar-refractivity contribution in [1.29, 1.82) is 0 Å². The molecule has 0 aliphatic carbocycles. The molecule has 22 heavy (non-hydrogen) atoms. The fourth-order valence-corrected chi connectivity index (χ4v) is 9.52. The largest absolute Gasteiger partial charge is 0.309 e. The molecule has 0 amide bonds. The molecule has 4 aromatic rings. The quantitative estimate of drug-likeness (QED) is 0.409. The summed E-state index contributed by atoms with van der Waals surface area (Å²) in [6.45, 7) is 0. The fourth-order valence-electron chi connectivity index (χ4n) is 3.31. The second-order valence-electron chi connectivity index (χ2n) is 5.38. The highest BCUT2D eigenvalue weighted by Gasteiger charge is 2.42. The van der Waals surface area contributed by atoms with Crippen LogP contribution in [0.1, 0.15) is 0 Å². The van der Waals surface area contributed by atoms with E-state index in [0.29, 0.717) is 0 Å². The molecule has 0 saturated heterocycles. The third-order valence-corrected chi connectivity index (χ3v) is 9.75. The molecule has 1 nitrogen and oxygen atoms in total. The first-order valence-electron chi connectivity index (χ1n) is 7.05. The molecule has 1 aliphatic rings. The Morgan fingerprint density at radius 1 is 0.682 bits per heavy atom. The first-order chi connectivity index (χ1) is 10.8. The molecule has 1 aliphatic heterocycles. The van der Waals surface area contributed by atoms with E-state index < -0.39 is 7.14 Å². The van der Waals surface area contributed by atoms with Gasteiger partial charge in [0.15, 0.2) is 7.14 Å². The maximum absolute atomic E-state index is 14.2. The lowest BCUT2D eigenvalue weighted by Crippen LogP contribution is -2.20. The van der Waals surface area contributed by atoms with Crippen LogP contribution in [0.3, 0.4) is 0 Å². The van der Waals surface area contributed by atoms with Crippen molar-refractivity contribution in [2.45, 2.75) is 0 Å². The molecule has 0 bridgehead atoms. The summed E-state index contributed by atoms with van der Waals surface area (Å²) in [6, 6.07) is 18.5. The van der Waals surface area contributed by atoms with Gasteiger partial charge >= 0.3 is 0 Å². The van der Waals surface area contributed by atoms with Crippen LogP contribution in [0.2, 0.25) is 0 Å². The Morgan fingerprint density at radius 3 is 2.05 bits per heavy atom. The van der Waals surface area contributed by atoms with Crippen molar-refractivity contribution in [2.24, 2.45) is 0 Å². The van der Waals surface area contributed by atoms with Gasteiger partial charge in [0.25, 0.3) is 0 Å². The lowest BCUT2D eigenvalue weighted by molar-refractivity contribution is 0.593. The van der Waals surface area contributed by atoms with Crippen molar-refractivity contribution < 1.29 is 4.57 Å². The molecule has 0 radical (unpaired) electrons. The van der Waals surface area contributed by atoms with Gasteiger partial charge in [0, 0.05) is 15.9 Å². The van der Waals surface area contributed by atoms with Gasteiger partial charge in [0.1, 0.15) is 0 Å². The summed E-state index contributed by atoms with van der Waals surface area (Å²) in [7, 11) is -2.73. The van der Waals surface area contributed by atoms with E-state index >= 15 is 0 Å². The summed E-state index contributed by atoms with van der Waals surface area (Å²) in [5.74, 6) is 0. The van der Waals surface area contributed by atoms with E-state index in [0.717, 1.165) is 26.7 Å². The van der Waals surface area contributed by atoms with Gasteiger partial charge < -0.3 is 4.57 Å². The third kappa shape index (κ3) is 1.46. The fraction of sp³-hybridized carbons (Fsp3) is 0. The van der Waals surface area contributed by atoms with Crippen molar-refractivity contribution in [3.8, 4) is 9.75 Å². The maximum atomic E-state index is 14.2. The second-order valence-corrected chi connectivity index (χ2v) is 9.87. The second kappa shape index (κ2) is 4.42. The van der Waals surface area contributed by atoms with Crippen LogP contribution < -0.4 is 15.9 Å². The van der Waals surface area contributed by atoms with Crippen LogP contribution in [0, 0.1) is 0 Å². The van der Waals surface area contributed by atoms with Crippen molar-refractivity contribution >= 4 is 56.5 Å². The van der Waals surface area contributed by atoms with E-state index in [2.05, 4.69) is 41.1 Å². The Kier molecular flexibility index (Phi) is 2.58. The number of rotatable bonds is 1. The van der Waals surface area contributed by atoms with Crippen LogP contribution in [0.5, 0.6) is 0 Å². The highest BCUT2D eigenvalue weighted by atomic mass is 32.1. The number of hydrogen-bond acceptors (Lipinski definition) is 3. The molecule has 0 fully saturated rings. The molecule has 5 rings (SSSR count). The minimum atomic E-state index is -2.73. The predicted octanol–water partition coefficient (Wildman–Crippen LogP) is 4.58. The van der Waals surface area contributed by atoms with Crippen LogP contribution in [0.4, 0.5) is 0 Å². The lowest BCUT2D eigenvalue weighted by atomic mass is 10.1. The summed E-state index contributed by atoms with van der Waals surface area (Å²) in [6.07, 6.45) is 0. The standard InChI is InChI=1S/C18H11OPS2/c19-20(14-7-3-5-12-4-1-2-6-13(12)14)15-8-10-21-17(15)18-16(20)9-11-22-18/h1-11H. The first-order valence-corrected chi connectivity index (χ1v) is 10.5. The van der Waals surface area contributed by atoms with E-state index in [1.807, 2.05) is 24.3 Å². The van der Waals surface area contributed by atoms with Crippen molar-refractivity contribution in [1.82, 2.24) is 0 Å². The molecule has 0 saturated carbocycles. The SMILES string of the molecule is O=P1(c2cccc3ccccc23)c2ccsc2-c2sccc21. The van der Waals surface area contributed by atoms with Gasteiger partial charge in [-0.05, 0) is 33.7 Å². The van der Waals surface area contributed by atoms with Gasteiger partial charge in [-0.25, -0.2) is 0 Å². The maximum Gasteiger partial charge on any atom is 0.174 e. The minimum Gasteiger partial charge on any atom is -0.309 e. The minimum absolute atomic E-state index is 0.974. The molecule has 2 aromatic heterocycles. The summed E-state index contributed by atoms with van der Waals surface area (Å²) in [5, 5.41) is 9.39. The van der Waals surface area contributed by atoms with Crippen LogP contribution in [-0.2, 0) is 4.57 Å². The smallest absolute Gasteiger partial charge is 0.174 e. The number of benzene rings is 2. The normalized spacial score (nSPS) is 14.9. The Bertz CT molecular complexity index is 1020. The average Bonchev–Trinajstić information content (AvgIpc) is 3.25. The van der Waals surface area contributed by atoms with Gasteiger partial charge in [-0.2, -0.15) is 0 Å². The van der Waals surface area contributed by atoms with Crippen LogP contribution >= 0.6 is 29.8 Å². The molecule has 0 atom stereocenters. The average molecular weight is 338 g/mol. The monoisotopic (exact) mass is 338 g/mol. The summed E-state index contributed by atoms with van der Waals surface area (Å²) >= 11 is 3.40. The van der Waals surface area contributed by atoms with E-state index in [9.17, 15) is 4.57 Å². The van der Waals surface area contributed by atoms with Crippen molar-refractivity contribution in [3.63, 3.8) is 0 Å². The molecular formula is C18H11OPS2. The highest BCUT2D eigenvalue weighted by molar-refractivity contribution is 7.87. The van der Waals surface area contributed by atoms with E-state index in [-0.39, 0.29) is 0 Å². The Hall–Kier alpha value is -1.67. The lowest BCUT2D eigenvalue weighted by Gasteiger charge is -2.16. The zero-order valence-corrected chi connectivity index (χ0v) is 14.1. The molecule has 3 heterocycles. The van der Waals surface area contributed by atoms with Crippen molar-refractivity contribution in [2.75, 3.05) is 0 Å². The van der Waals surface area contributed by atoms with Crippen LogP contribution in [0.15, 0.2) is 65.4 Å². The van der Waals surface area contributed by atoms with Gasteiger partial charge in [0.2, 0.25) is 0 Å². The van der Waals surface area contributed by atoms with E-state index in [1.165, 1.54) is 9.75 Å². The van der Waals surface area contributed by atoms with E-state index in [1.54, 1.807) is 22.7 Å². The number of fused-ring (bicyclic) bond motifs is 4. The predicted molar refractivity (Wildman–Crippen MR) is 98.1 cm³/mol. The third-order valence-electron chi connectivity index (χ3n) is 4.28. The summed E-state index contributed by atoms with van der Waals surface area (Å²) < 4.78 is 14.2. The zero-order chi connectivity index (χ0) is 14.7.